The van der Waals surface area contributed by atoms with E-state index in [9.17, 15) is 9.59 Å². The van der Waals surface area contributed by atoms with Crippen molar-refractivity contribution in [2.75, 3.05) is 24.8 Å². The molecule has 0 unspecified atom stereocenters. The fourth-order valence-corrected chi connectivity index (χ4v) is 4.72. The largest absolute Gasteiger partial charge is 0.465 e. The molecule has 2 heterocycles. The smallest absolute Gasteiger partial charge is 0.337 e. The van der Waals surface area contributed by atoms with E-state index in [2.05, 4.69) is 5.32 Å². The van der Waals surface area contributed by atoms with Crippen LogP contribution in [0.2, 0.25) is 0 Å². The van der Waals surface area contributed by atoms with Crippen LogP contribution in [0.4, 0.5) is 10.7 Å². The van der Waals surface area contributed by atoms with Gasteiger partial charge in [0.15, 0.2) is 0 Å². The lowest BCUT2D eigenvalue weighted by atomic mass is 10.0. The maximum Gasteiger partial charge on any atom is 0.337 e. The van der Waals surface area contributed by atoms with E-state index >= 15 is 0 Å². The van der Waals surface area contributed by atoms with Gasteiger partial charge in [0, 0.05) is 10.6 Å². The monoisotopic (exact) mass is 436 g/mol. The van der Waals surface area contributed by atoms with Crippen molar-refractivity contribution in [1.82, 2.24) is 0 Å². The minimum absolute atomic E-state index is 0.171. The Morgan fingerprint density at radius 1 is 1.06 bits per heavy atom. The van der Waals surface area contributed by atoms with Crippen molar-refractivity contribution in [2.24, 2.45) is 0 Å². The van der Waals surface area contributed by atoms with E-state index in [0.717, 1.165) is 34.5 Å². The molecule has 3 aromatic rings. The summed E-state index contributed by atoms with van der Waals surface area (Å²) in [4.78, 5) is 25.4. The van der Waals surface area contributed by atoms with Crippen LogP contribution in [0, 0.1) is 0 Å². The van der Waals surface area contributed by atoms with Gasteiger partial charge in [-0.3, -0.25) is 4.79 Å². The summed E-state index contributed by atoms with van der Waals surface area (Å²) < 4.78 is 10.2. The molecule has 0 saturated carbocycles. The van der Waals surface area contributed by atoms with Gasteiger partial charge in [0.2, 0.25) is 0 Å². The predicted molar refractivity (Wildman–Crippen MR) is 122 cm³/mol. The summed E-state index contributed by atoms with van der Waals surface area (Å²) >= 11 is 1.43. The molecule has 0 saturated heterocycles. The second-order valence-corrected chi connectivity index (χ2v) is 8.52. The zero-order valence-electron chi connectivity index (χ0n) is 17.3. The molecule has 1 aliphatic heterocycles. The van der Waals surface area contributed by atoms with Gasteiger partial charge in [0.05, 0.1) is 36.5 Å². The lowest BCUT2D eigenvalue weighted by molar-refractivity contribution is 0.0600. The van der Waals surface area contributed by atoms with Crippen LogP contribution in [-0.2, 0) is 35.3 Å². The van der Waals surface area contributed by atoms with E-state index in [4.69, 9.17) is 15.2 Å². The number of nitrogen functional groups attached to an aromatic ring is 1. The highest BCUT2D eigenvalue weighted by Gasteiger charge is 2.24. The van der Waals surface area contributed by atoms with Crippen LogP contribution >= 0.6 is 11.3 Å². The van der Waals surface area contributed by atoms with Crippen molar-refractivity contribution >= 4 is 33.9 Å². The van der Waals surface area contributed by atoms with E-state index in [1.165, 1.54) is 24.0 Å². The molecule has 4 rings (SSSR count). The third-order valence-corrected chi connectivity index (χ3v) is 6.40. The van der Waals surface area contributed by atoms with Gasteiger partial charge in [-0.2, -0.15) is 0 Å². The molecule has 1 aliphatic rings. The first-order valence-corrected chi connectivity index (χ1v) is 10.9. The molecule has 0 spiro atoms. The summed E-state index contributed by atoms with van der Waals surface area (Å²) in [5.41, 5.74) is 11.3. The number of carbonyl (C=O) groups is 2. The van der Waals surface area contributed by atoms with Gasteiger partial charge in [-0.1, -0.05) is 24.3 Å². The fraction of sp³-hybridized carbons (Fsp3) is 0.250. The maximum atomic E-state index is 12.8. The maximum absolute atomic E-state index is 12.8. The van der Waals surface area contributed by atoms with Crippen LogP contribution in [0.25, 0.3) is 0 Å². The highest BCUT2D eigenvalue weighted by molar-refractivity contribution is 7.16. The molecule has 160 valence electrons. The van der Waals surface area contributed by atoms with Crippen molar-refractivity contribution < 1.29 is 19.1 Å². The molecule has 2 aromatic carbocycles. The first kappa shape index (κ1) is 21.1. The summed E-state index contributed by atoms with van der Waals surface area (Å²) in [6, 6.07) is 15.3. The number of nitrogens with one attached hydrogen (secondary N) is 1. The van der Waals surface area contributed by atoms with Crippen LogP contribution in [-0.4, -0.2) is 25.6 Å². The molecule has 7 heteroatoms. The Morgan fingerprint density at radius 3 is 2.35 bits per heavy atom. The number of fused-ring (bicyclic) bond motifs is 1. The Balaban J connectivity index is 1.36. The standard InChI is InChI=1S/C24H24N2O4S/c1-29-24(28)17-8-4-15(5-9-17)2-3-16-6-10-18(11-7-16)26-23(27)21-19-12-13-30-14-20(19)31-22(21)25/h4-11H,2-3,12-14,25H2,1H3,(H,26,27). The molecule has 31 heavy (non-hydrogen) atoms. The van der Waals surface area contributed by atoms with Crippen molar-refractivity contribution in [2.45, 2.75) is 25.9 Å². The Hall–Kier alpha value is -3.16. The first-order valence-electron chi connectivity index (χ1n) is 10.1. The van der Waals surface area contributed by atoms with E-state index in [1.54, 1.807) is 12.1 Å². The minimum atomic E-state index is -0.331. The third kappa shape index (κ3) is 4.78. The van der Waals surface area contributed by atoms with Crippen LogP contribution in [0.15, 0.2) is 48.5 Å². The number of esters is 1. The van der Waals surface area contributed by atoms with Crippen LogP contribution in [0.5, 0.6) is 0 Å². The predicted octanol–water partition coefficient (Wildman–Crippen LogP) is 4.23. The number of hydrogen-bond acceptors (Lipinski definition) is 6. The number of rotatable bonds is 6. The second kappa shape index (κ2) is 9.32. The number of amides is 1. The lowest BCUT2D eigenvalue weighted by Gasteiger charge is -2.13. The quantitative estimate of drug-likeness (QED) is 0.565. The van der Waals surface area contributed by atoms with Gasteiger partial charge in [0.25, 0.3) is 5.91 Å². The van der Waals surface area contributed by atoms with E-state index in [0.29, 0.717) is 35.8 Å². The first-order chi connectivity index (χ1) is 15.0. The van der Waals surface area contributed by atoms with Crippen LogP contribution in [0.1, 0.15) is 42.3 Å². The number of ether oxygens (including phenoxy) is 2. The summed E-state index contributed by atoms with van der Waals surface area (Å²) in [6.07, 6.45) is 2.43. The molecule has 6 nitrogen and oxygen atoms in total. The number of thiophene rings is 1. The Morgan fingerprint density at radius 2 is 1.71 bits per heavy atom. The SMILES string of the molecule is COC(=O)c1ccc(CCc2ccc(NC(=O)c3c(N)sc4c3CCOC4)cc2)cc1. The molecule has 0 bridgehead atoms. The highest BCUT2D eigenvalue weighted by Crippen LogP contribution is 2.34. The third-order valence-electron chi connectivity index (χ3n) is 5.36. The van der Waals surface area contributed by atoms with Gasteiger partial charge < -0.3 is 20.5 Å². The average molecular weight is 437 g/mol. The Kier molecular flexibility index (Phi) is 6.34. The normalized spacial score (nSPS) is 12.8. The molecule has 0 fully saturated rings. The Labute approximate surface area is 185 Å². The van der Waals surface area contributed by atoms with Crippen LogP contribution in [0.3, 0.4) is 0 Å². The van der Waals surface area contributed by atoms with Gasteiger partial charge >= 0.3 is 5.97 Å². The molecule has 0 radical (unpaired) electrons. The number of nitrogens with two attached hydrogens (primary N) is 1. The van der Waals surface area contributed by atoms with Gasteiger partial charge in [-0.25, -0.2) is 4.79 Å². The summed E-state index contributed by atoms with van der Waals surface area (Å²) in [5.74, 6) is -0.502. The molecular weight excluding hydrogens is 412 g/mol. The van der Waals surface area contributed by atoms with E-state index in [1.807, 2.05) is 36.4 Å². The van der Waals surface area contributed by atoms with Gasteiger partial charge in [-0.05, 0) is 60.2 Å². The van der Waals surface area contributed by atoms with Crippen molar-refractivity contribution in [3.8, 4) is 0 Å². The molecule has 0 aliphatic carbocycles. The van der Waals surface area contributed by atoms with Gasteiger partial charge in [-0.15, -0.1) is 11.3 Å². The minimum Gasteiger partial charge on any atom is -0.465 e. The van der Waals surface area contributed by atoms with Crippen molar-refractivity contribution in [1.29, 1.82) is 0 Å². The van der Waals surface area contributed by atoms with E-state index in [-0.39, 0.29) is 11.9 Å². The lowest BCUT2D eigenvalue weighted by Crippen LogP contribution is -2.17. The van der Waals surface area contributed by atoms with Crippen molar-refractivity contribution in [3.63, 3.8) is 0 Å². The molecule has 3 N–H and O–H groups in total. The number of hydrogen-bond donors (Lipinski definition) is 2. The number of methoxy groups -OCH3 is 1. The summed E-state index contributed by atoms with van der Waals surface area (Å²) in [5, 5.41) is 3.51. The average Bonchev–Trinajstić information content (AvgIpc) is 3.14. The van der Waals surface area contributed by atoms with Crippen molar-refractivity contribution in [3.05, 3.63) is 81.2 Å². The zero-order chi connectivity index (χ0) is 21.8. The molecular formula is C24H24N2O4S. The zero-order valence-corrected chi connectivity index (χ0v) is 18.1. The highest BCUT2D eigenvalue weighted by atomic mass is 32.1. The second-order valence-electron chi connectivity index (χ2n) is 7.39. The molecule has 0 atom stereocenters. The summed E-state index contributed by atoms with van der Waals surface area (Å²) in [7, 11) is 1.38. The molecule has 1 aromatic heterocycles. The summed E-state index contributed by atoms with van der Waals surface area (Å²) in [6.45, 7) is 1.14. The fourth-order valence-electron chi connectivity index (χ4n) is 3.66. The van der Waals surface area contributed by atoms with Gasteiger partial charge in [0.1, 0.15) is 0 Å². The molecule has 1 amide bonds. The number of aryl methyl sites for hydroxylation is 2. The van der Waals surface area contributed by atoms with E-state index < -0.39 is 0 Å². The van der Waals surface area contributed by atoms with Crippen LogP contribution < -0.4 is 11.1 Å². The number of anilines is 2. The topological polar surface area (TPSA) is 90.7 Å². The Bertz CT molecular complexity index is 1090. The number of carbonyl (C=O) groups excluding carboxylic acids is 2. The number of benzene rings is 2.